The van der Waals surface area contributed by atoms with Crippen LogP contribution < -0.4 is 0 Å². The fourth-order valence-corrected chi connectivity index (χ4v) is 1.06. The van der Waals surface area contributed by atoms with Gasteiger partial charge in [0.25, 0.3) is 0 Å². The Bertz CT molecular complexity index is 204. The zero-order chi connectivity index (χ0) is 13.0. The van der Waals surface area contributed by atoms with Gasteiger partial charge in [-0.25, -0.2) is 4.57 Å². The Balaban J connectivity index is 0. The third-order valence-corrected chi connectivity index (χ3v) is 1.74. The molecule has 0 saturated carbocycles. The predicted octanol–water partition coefficient (Wildman–Crippen LogP) is 1.89. The van der Waals surface area contributed by atoms with Crippen LogP contribution in [0.3, 0.4) is 0 Å². The number of unbranched alkanes of at least 4 members (excludes halogenated alkanes) is 5. The lowest BCUT2D eigenvalue weighted by Crippen LogP contribution is -1.93. The first-order chi connectivity index (χ1) is 7.27. The largest absolute Gasteiger partial charge is 0.481 e. The summed E-state index contributed by atoms with van der Waals surface area (Å²) in [5.41, 5.74) is 0. The summed E-state index contributed by atoms with van der Waals surface area (Å²) in [6, 6.07) is 0. The SMILES string of the molecule is CCCCCCCCC(=O)O.O=P(O)(O)O. The van der Waals surface area contributed by atoms with E-state index >= 15 is 0 Å². The first kappa shape index (κ1) is 18.0. The van der Waals surface area contributed by atoms with Gasteiger partial charge in [0, 0.05) is 6.42 Å². The Morgan fingerprint density at radius 1 is 1.00 bits per heavy atom. The number of rotatable bonds is 7. The molecule has 0 aliphatic carbocycles. The fourth-order valence-electron chi connectivity index (χ4n) is 1.06. The smallest absolute Gasteiger partial charge is 0.466 e. The van der Waals surface area contributed by atoms with Crippen molar-refractivity contribution < 1.29 is 29.1 Å². The minimum absolute atomic E-state index is 0.339. The molecule has 0 spiro atoms. The summed E-state index contributed by atoms with van der Waals surface area (Å²) < 4.78 is 8.88. The van der Waals surface area contributed by atoms with Gasteiger partial charge in [0.05, 0.1) is 0 Å². The van der Waals surface area contributed by atoms with Crippen LogP contribution in [0.15, 0.2) is 0 Å². The van der Waals surface area contributed by atoms with Gasteiger partial charge in [0.1, 0.15) is 0 Å². The highest BCUT2D eigenvalue weighted by molar-refractivity contribution is 7.45. The number of hydrogen-bond donors (Lipinski definition) is 4. The minimum Gasteiger partial charge on any atom is -0.481 e. The van der Waals surface area contributed by atoms with Gasteiger partial charge in [-0.3, -0.25) is 4.79 Å². The minimum atomic E-state index is -4.64. The van der Waals surface area contributed by atoms with Crippen LogP contribution in [0.2, 0.25) is 0 Å². The first-order valence-corrected chi connectivity index (χ1v) is 6.84. The average Bonchev–Trinajstić information content (AvgIpc) is 2.08. The van der Waals surface area contributed by atoms with E-state index in [1.165, 1.54) is 25.7 Å². The maximum absolute atomic E-state index is 10.1. The second-order valence-electron chi connectivity index (χ2n) is 3.42. The fraction of sp³-hybridized carbons (Fsp3) is 0.889. The molecule has 0 amide bonds. The van der Waals surface area contributed by atoms with Gasteiger partial charge in [-0.15, -0.1) is 0 Å². The molecule has 0 aromatic rings. The zero-order valence-corrected chi connectivity index (χ0v) is 10.4. The van der Waals surface area contributed by atoms with Crippen molar-refractivity contribution in [3.05, 3.63) is 0 Å². The molecule has 6 nitrogen and oxygen atoms in total. The third kappa shape index (κ3) is 37.4. The van der Waals surface area contributed by atoms with Crippen LogP contribution in [0, 0.1) is 0 Å². The third-order valence-electron chi connectivity index (χ3n) is 1.74. The van der Waals surface area contributed by atoms with Crippen molar-refractivity contribution in [3.63, 3.8) is 0 Å². The zero-order valence-electron chi connectivity index (χ0n) is 9.50. The number of carbonyl (C=O) groups is 1. The molecule has 0 unspecified atom stereocenters. The number of phosphoric acid groups is 1. The van der Waals surface area contributed by atoms with Crippen molar-refractivity contribution in [2.75, 3.05) is 0 Å². The highest BCUT2D eigenvalue weighted by Gasteiger charge is 2.00. The molecule has 4 N–H and O–H groups in total. The molecule has 0 heterocycles. The quantitative estimate of drug-likeness (QED) is 0.408. The maximum Gasteiger partial charge on any atom is 0.466 e. The molecule has 0 saturated heterocycles. The number of hydrogen-bond acceptors (Lipinski definition) is 2. The number of carboxylic acids is 1. The molecule has 0 radical (unpaired) electrons. The second-order valence-corrected chi connectivity index (χ2v) is 4.45. The number of aliphatic carboxylic acids is 1. The van der Waals surface area contributed by atoms with Crippen LogP contribution >= 0.6 is 7.82 Å². The van der Waals surface area contributed by atoms with Gasteiger partial charge in [0.15, 0.2) is 0 Å². The Morgan fingerprint density at radius 2 is 1.38 bits per heavy atom. The molecule has 0 aromatic carbocycles. The average molecular weight is 256 g/mol. The van der Waals surface area contributed by atoms with Crippen LogP contribution in [0.1, 0.15) is 51.9 Å². The molecule has 0 atom stereocenters. The lowest BCUT2D eigenvalue weighted by atomic mass is 10.1. The molecule has 0 aromatic heterocycles. The molecule has 0 aliphatic rings. The van der Waals surface area contributed by atoms with Crippen LogP contribution in [0.4, 0.5) is 0 Å². The molecule has 7 heteroatoms. The van der Waals surface area contributed by atoms with Crippen LogP contribution in [-0.2, 0) is 9.36 Å². The van der Waals surface area contributed by atoms with E-state index in [0.717, 1.165) is 12.8 Å². The van der Waals surface area contributed by atoms with E-state index in [9.17, 15) is 4.79 Å². The topological polar surface area (TPSA) is 115 Å². The van der Waals surface area contributed by atoms with Gasteiger partial charge in [-0.2, -0.15) is 0 Å². The van der Waals surface area contributed by atoms with Crippen molar-refractivity contribution in [1.29, 1.82) is 0 Å². The van der Waals surface area contributed by atoms with Gasteiger partial charge in [-0.05, 0) is 6.42 Å². The molecule has 0 bridgehead atoms. The Kier molecular flexibility index (Phi) is 12.4. The standard InChI is InChI=1S/C9H18O2.H3O4P/c1-2-3-4-5-6-7-8-9(10)11;1-5(2,3)4/h2-8H2,1H3,(H,10,11);(H3,1,2,3,4). The van der Waals surface area contributed by atoms with Gasteiger partial charge in [-0.1, -0.05) is 39.0 Å². The summed E-state index contributed by atoms with van der Waals surface area (Å²) in [6.07, 6.45) is 7.25. The van der Waals surface area contributed by atoms with E-state index in [1.54, 1.807) is 0 Å². The van der Waals surface area contributed by atoms with E-state index in [1.807, 2.05) is 0 Å². The Morgan fingerprint density at radius 3 is 1.75 bits per heavy atom. The monoisotopic (exact) mass is 256 g/mol. The highest BCUT2D eigenvalue weighted by Crippen LogP contribution is 2.25. The summed E-state index contributed by atoms with van der Waals surface area (Å²) in [5.74, 6) is -0.666. The molecule has 0 aliphatic heterocycles. The predicted molar refractivity (Wildman–Crippen MR) is 59.9 cm³/mol. The van der Waals surface area contributed by atoms with Gasteiger partial charge in [0.2, 0.25) is 0 Å². The maximum atomic E-state index is 10.1. The summed E-state index contributed by atoms with van der Waals surface area (Å²) in [7, 11) is -4.64. The lowest BCUT2D eigenvalue weighted by Gasteiger charge is -1.97. The molecule has 0 fully saturated rings. The Labute approximate surface area is 95.6 Å². The van der Waals surface area contributed by atoms with Crippen molar-refractivity contribution in [2.45, 2.75) is 51.9 Å². The Hall–Kier alpha value is -0.420. The molecule has 16 heavy (non-hydrogen) atoms. The lowest BCUT2D eigenvalue weighted by molar-refractivity contribution is -0.137. The summed E-state index contributed by atoms with van der Waals surface area (Å²) in [4.78, 5) is 31.7. The van der Waals surface area contributed by atoms with E-state index in [2.05, 4.69) is 6.92 Å². The van der Waals surface area contributed by atoms with Gasteiger partial charge < -0.3 is 19.8 Å². The summed E-state index contributed by atoms with van der Waals surface area (Å²) >= 11 is 0. The molecular formula is C9H21O6P. The van der Waals surface area contributed by atoms with Crippen LogP contribution in [0.25, 0.3) is 0 Å². The number of carboxylic acid groups (broad SMARTS) is 1. The van der Waals surface area contributed by atoms with Crippen molar-refractivity contribution in [1.82, 2.24) is 0 Å². The van der Waals surface area contributed by atoms with Crippen LogP contribution in [-0.4, -0.2) is 25.8 Å². The second kappa shape index (κ2) is 11.1. The van der Waals surface area contributed by atoms with E-state index in [0.29, 0.717) is 6.42 Å². The first-order valence-electron chi connectivity index (χ1n) is 5.27. The highest BCUT2D eigenvalue weighted by atomic mass is 31.2. The van der Waals surface area contributed by atoms with Crippen molar-refractivity contribution in [2.24, 2.45) is 0 Å². The molecular weight excluding hydrogens is 235 g/mol. The van der Waals surface area contributed by atoms with E-state index in [-0.39, 0.29) is 0 Å². The van der Waals surface area contributed by atoms with Gasteiger partial charge >= 0.3 is 13.8 Å². The summed E-state index contributed by atoms with van der Waals surface area (Å²) in [6.45, 7) is 2.18. The van der Waals surface area contributed by atoms with E-state index in [4.69, 9.17) is 24.4 Å². The molecule has 98 valence electrons. The summed E-state index contributed by atoms with van der Waals surface area (Å²) in [5, 5.41) is 8.32. The van der Waals surface area contributed by atoms with E-state index < -0.39 is 13.8 Å². The van der Waals surface area contributed by atoms with Crippen molar-refractivity contribution >= 4 is 13.8 Å². The molecule has 0 rings (SSSR count). The van der Waals surface area contributed by atoms with Crippen molar-refractivity contribution in [3.8, 4) is 0 Å². The van der Waals surface area contributed by atoms with Crippen LogP contribution in [0.5, 0.6) is 0 Å². The normalized spacial score (nSPS) is 10.5.